The standard InChI is InChI=1S/C17H25BO4/c1-7-10-17(14(19)20-6)11-8-13(9-12-17)18-21-15(2,3)16(4,5)22-18/h1,8H,9-12H2,2-6H3. The zero-order valence-electron chi connectivity index (χ0n) is 14.2. The van der Waals surface area contributed by atoms with Crippen molar-refractivity contribution >= 4 is 13.1 Å². The quantitative estimate of drug-likeness (QED) is 0.457. The van der Waals surface area contributed by atoms with E-state index in [0.717, 1.165) is 11.9 Å². The fraction of sp³-hybridized carbons (Fsp3) is 0.706. The van der Waals surface area contributed by atoms with Gasteiger partial charge in [-0.15, -0.1) is 12.3 Å². The number of rotatable bonds is 3. The van der Waals surface area contributed by atoms with Gasteiger partial charge in [0.2, 0.25) is 0 Å². The lowest BCUT2D eigenvalue weighted by atomic mass is 9.64. The molecular weight excluding hydrogens is 279 g/mol. The molecule has 0 aromatic heterocycles. The van der Waals surface area contributed by atoms with Gasteiger partial charge in [0.15, 0.2) is 0 Å². The normalized spacial score (nSPS) is 29.6. The summed E-state index contributed by atoms with van der Waals surface area (Å²) >= 11 is 0. The SMILES string of the molecule is C#CCC1(C(=O)OC)CC=C(B2OC(C)(C)C(C)(C)O2)CC1. The maximum atomic E-state index is 12.1. The van der Waals surface area contributed by atoms with E-state index in [1.165, 1.54) is 7.11 Å². The van der Waals surface area contributed by atoms with Crippen molar-refractivity contribution in [2.75, 3.05) is 7.11 Å². The van der Waals surface area contributed by atoms with Crippen LogP contribution in [0.4, 0.5) is 0 Å². The highest BCUT2D eigenvalue weighted by Crippen LogP contribution is 2.44. The van der Waals surface area contributed by atoms with Crippen molar-refractivity contribution in [2.45, 2.75) is 64.6 Å². The zero-order valence-corrected chi connectivity index (χ0v) is 14.2. The number of esters is 1. The molecule has 0 aromatic carbocycles. The second-order valence-electron chi connectivity index (χ2n) is 7.22. The summed E-state index contributed by atoms with van der Waals surface area (Å²) < 4.78 is 17.1. The lowest BCUT2D eigenvalue weighted by molar-refractivity contribution is -0.153. The van der Waals surface area contributed by atoms with Crippen molar-refractivity contribution in [3.63, 3.8) is 0 Å². The van der Waals surface area contributed by atoms with E-state index in [1.54, 1.807) is 0 Å². The highest BCUT2D eigenvalue weighted by Gasteiger charge is 2.53. The van der Waals surface area contributed by atoms with E-state index in [4.69, 9.17) is 20.5 Å². The molecule has 1 unspecified atom stereocenters. The Morgan fingerprint density at radius 2 is 1.95 bits per heavy atom. The minimum absolute atomic E-state index is 0.227. The minimum atomic E-state index is -0.601. The van der Waals surface area contributed by atoms with Crippen LogP contribution < -0.4 is 0 Å². The van der Waals surface area contributed by atoms with Crippen molar-refractivity contribution in [3.05, 3.63) is 11.5 Å². The summed E-state index contributed by atoms with van der Waals surface area (Å²) in [5.74, 6) is 2.38. The molecule has 0 amide bonds. The van der Waals surface area contributed by atoms with Gasteiger partial charge in [-0.05, 0) is 52.4 Å². The van der Waals surface area contributed by atoms with Crippen LogP contribution in [0.5, 0.6) is 0 Å². The lowest BCUT2D eigenvalue weighted by Crippen LogP contribution is -2.41. The van der Waals surface area contributed by atoms with Gasteiger partial charge in [0.05, 0.1) is 23.7 Å². The third-order valence-electron chi connectivity index (χ3n) is 5.26. The molecule has 1 fully saturated rings. The zero-order chi connectivity index (χ0) is 16.6. The first-order valence-corrected chi connectivity index (χ1v) is 7.74. The van der Waals surface area contributed by atoms with E-state index in [0.29, 0.717) is 19.3 Å². The van der Waals surface area contributed by atoms with Crippen molar-refractivity contribution in [3.8, 4) is 12.3 Å². The molecule has 0 bridgehead atoms. The predicted molar refractivity (Wildman–Crippen MR) is 85.9 cm³/mol. The second-order valence-corrected chi connectivity index (χ2v) is 7.22. The summed E-state index contributed by atoms with van der Waals surface area (Å²) in [7, 11) is 1.07. The number of carbonyl (C=O) groups excluding carboxylic acids is 1. The molecule has 0 aromatic rings. The minimum Gasteiger partial charge on any atom is -0.469 e. The van der Waals surface area contributed by atoms with Gasteiger partial charge in [-0.3, -0.25) is 4.79 Å². The highest BCUT2D eigenvalue weighted by molar-refractivity contribution is 6.54. The summed E-state index contributed by atoms with van der Waals surface area (Å²) in [4.78, 5) is 12.1. The number of terminal acetylenes is 1. The molecule has 2 rings (SSSR count). The molecule has 1 saturated heterocycles. The monoisotopic (exact) mass is 304 g/mol. The van der Waals surface area contributed by atoms with E-state index in [1.807, 2.05) is 33.8 Å². The topological polar surface area (TPSA) is 44.8 Å². The summed E-state index contributed by atoms with van der Waals surface area (Å²) in [5, 5.41) is 0. The Morgan fingerprint density at radius 3 is 2.36 bits per heavy atom. The Labute approximate surface area is 133 Å². The molecule has 0 saturated carbocycles. The smallest absolute Gasteiger partial charge is 0.469 e. The Hall–Kier alpha value is -1.25. The van der Waals surface area contributed by atoms with Crippen LogP contribution in [0.15, 0.2) is 11.5 Å². The Balaban J connectivity index is 2.15. The van der Waals surface area contributed by atoms with Gasteiger partial charge < -0.3 is 14.0 Å². The first-order valence-electron chi connectivity index (χ1n) is 7.74. The third kappa shape index (κ3) is 2.82. The third-order valence-corrected chi connectivity index (χ3v) is 5.26. The Kier molecular flexibility index (Phi) is 4.48. The fourth-order valence-electron chi connectivity index (χ4n) is 2.95. The molecule has 1 aliphatic carbocycles. The van der Waals surface area contributed by atoms with Gasteiger partial charge in [-0.1, -0.05) is 6.08 Å². The van der Waals surface area contributed by atoms with Crippen LogP contribution in [0, 0.1) is 17.8 Å². The number of hydrogen-bond acceptors (Lipinski definition) is 4. The summed E-state index contributed by atoms with van der Waals surface area (Å²) in [6.45, 7) is 8.14. The number of allylic oxidation sites excluding steroid dienone is 2. The van der Waals surface area contributed by atoms with Crippen LogP contribution in [0.1, 0.15) is 53.4 Å². The number of ether oxygens (including phenoxy) is 1. The molecular formula is C17H25BO4. The van der Waals surface area contributed by atoms with Crippen molar-refractivity contribution < 1.29 is 18.8 Å². The van der Waals surface area contributed by atoms with Crippen LogP contribution in [-0.4, -0.2) is 31.4 Å². The van der Waals surface area contributed by atoms with E-state index < -0.39 is 5.41 Å². The number of carbonyl (C=O) groups is 1. The van der Waals surface area contributed by atoms with Gasteiger partial charge in [0, 0.05) is 6.42 Å². The van der Waals surface area contributed by atoms with Crippen molar-refractivity contribution in [1.82, 2.24) is 0 Å². The number of methoxy groups -OCH3 is 1. The molecule has 5 heteroatoms. The van der Waals surface area contributed by atoms with Crippen molar-refractivity contribution in [1.29, 1.82) is 0 Å². The van der Waals surface area contributed by atoms with Crippen molar-refractivity contribution in [2.24, 2.45) is 5.41 Å². The lowest BCUT2D eigenvalue weighted by Gasteiger charge is -2.32. The van der Waals surface area contributed by atoms with Gasteiger partial charge >= 0.3 is 13.1 Å². The molecule has 0 radical (unpaired) electrons. The molecule has 120 valence electrons. The first kappa shape index (κ1) is 17.1. The molecule has 22 heavy (non-hydrogen) atoms. The van der Waals surface area contributed by atoms with Crippen LogP contribution in [-0.2, 0) is 18.8 Å². The molecule has 2 aliphatic rings. The van der Waals surface area contributed by atoms with E-state index in [9.17, 15) is 4.79 Å². The van der Waals surface area contributed by atoms with Gasteiger partial charge in [-0.2, -0.15) is 0 Å². The Morgan fingerprint density at radius 1 is 1.36 bits per heavy atom. The molecule has 1 atom stereocenters. The maximum absolute atomic E-state index is 12.1. The first-order chi connectivity index (χ1) is 10.2. The highest BCUT2D eigenvalue weighted by atomic mass is 16.7. The van der Waals surface area contributed by atoms with Crippen LogP contribution in [0.25, 0.3) is 0 Å². The van der Waals surface area contributed by atoms with Gasteiger partial charge in [0.1, 0.15) is 0 Å². The average molecular weight is 304 g/mol. The van der Waals surface area contributed by atoms with E-state index in [-0.39, 0.29) is 24.3 Å². The van der Waals surface area contributed by atoms with Gasteiger partial charge in [0.25, 0.3) is 0 Å². The average Bonchev–Trinajstić information content (AvgIpc) is 2.67. The van der Waals surface area contributed by atoms with Crippen LogP contribution in [0.2, 0.25) is 0 Å². The molecule has 0 N–H and O–H groups in total. The van der Waals surface area contributed by atoms with Crippen LogP contribution in [0.3, 0.4) is 0 Å². The predicted octanol–water partition coefficient (Wildman–Crippen LogP) is 2.91. The number of hydrogen-bond donors (Lipinski definition) is 0. The molecule has 0 spiro atoms. The summed E-state index contributed by atoms with van der Waals surface area (Å²) in [6.07, 6.45) is 9.84. The van der Waals surface area contributed by atoms with Gasteiger partial charge in [-0.25, -0.2) is 0 Å². The van der Waals surface area contributed by atoms with Crippen LogP contribution >= 0.6 is 0 Å². The fourth-order valence-corrected chi connectivity index (χ4v) is 2.95. The maximum Gasteiger partial charge on any atom is 0.490 e. The second kappa shape index (κ2) is 5.75. The summed E-state index contributed by atoms with van der Waals surface area (Å²) in [5.41, 5.74) is -0.214. The Bertz CT molecular complexity index is 513. The molecule has 1 aliphatic heterocycles. The molecule has 4 nitrogen and oxygen atoms in total. The van der Waals surface area contributed by atoms with E-state index >= 15 is 0 Å². The molecule has 1 heterocycles. The largest absolute Gasteiger partial charge is 0.490 e. The summed E-state index contributed by atoms with van der Waals surface area (Å²) in [6, 6.07) is 0. The van der Waals surface area contributed by atoms with E-state index in [2.05, 4.69) is 5.92 Å².